The quantitative estimate of drug-likeness (QED) is 0.302. The minimum absolute atomic E-state index is 0. The van der Waals surface area contributed by atoms with Gasteiger partial charge in [-0.1, -0.05) is 0 Å². The van der Waals surface area contributed by atoms with Gasteiger partial charge < -0.3 is 4.74 Å². The van der Waals surface area contributed by atoms with Crippen molar-refractivity contribution in [2.45, 2.75) is 0 Å². The average molecular weight is 91.0 g/mol. The molecule has 0 atom stereocenters. The summed E-state index contributed by atoms with van der Waals surface area (Å²) in [6.07, 6.45) is 3.10. The first-order chi connectivity index (χ1) is 2.89. The molecule has 0 aromatic rings. The van der Waals surface area contributed by atoms with Crippen molar-refractivity contribution in [3.05, 3.63) is 12.2 Å². The van der Waals surface area contributed by atoms with Gasteiger partial charge in [0.05, 0.1) is 0 Å². The number of carbonyl (C=O) groups excluding carboxylic acids is 1. The number of esters is 1. The summed E-state index contributed by atoms with van der Waals surface area (Å²) < 4.78 is 4.40. The normalized spacial score (nSPS) is 15.7. The Morgan fingerprint density at radius 1 is 1.71 bits per heavy atom. The molecule has 2 nitrogen and oxygen atoms in total. The molecule has 0 spiro atoms. The molecule has 1 rings (SSSR count). The van der Waals surface area contributed by atoms with Gasteiger partial charge in [-0.25, -0.2) is 4.79 Å². The summed E-state index contributed by atoms with van der Waals surface area (Å²) in [5.74, 6) is -0.227. The molecule has 0 aliphatic carbocycles. The first kappa shape index (κ1) is 6.81. The van der Waals surface area contributed by atoms with Crippen LogP contribution in [0.2, 0.25) is 0 Å². The second kappa shape index (κ2) is 2.90. The molecule has 1 heterocycles. The Morgan fingerprint density at radius 2 is 2.43 bits per heavy atom. The summed E-state index contributed by atoms with van der Waals surface area (Å²) in [5.41, 5.74) is 0. The van der Waals surface area contributed by atoms with Crippen LogP contribution in [0.1, 0.15) is 0 Å². The van der Waals surface area contributed by atoms with Crippen molar-refractivity contribution >= 4 is 24.8 Å². The maximum absolute atomic E-state index is 9.93. The van der Waals surface area contributed by atoms with Crippen molar-refractivity contribution in [3.63, 3.8) is 0 Å². The molecular formula is C4H4LiO2. The molecule has 0 aromatic heterocycles. The molecule has 33 valence electrons. The molecule has 1 aliphatic rings. The van der Waals surface area contributed by atoms with Crippen LogP contribution in [0.3, 0.4) is 0 Å². The molecule has 0 bridgehead atoms. The van der Waals surface area contributed by atoms with Crippen LogP contribution in [0.25, 0.3) is 0 Å². The molecule has 0 saturated carbocycles. The monoisotopic (exact) mass is 91.0 g/mol. The van der Waals surface area contributed by atoms with Crippen molar-refractivity contribution in [1.29, 1.82) is 0 Å². The zero-order chi connectivity index (χ0) is 4.41. The number of ether oxygens (including phenoxy) is 1. The molecule has 1 radical (unpaired) electrons. The van der Waals surface area contributed by atoms with E-state index in [2.05, 4.69) is 4.74 Å². The third-order valence-electron chi connectivity index (χ3n) is 0.576. The molecule has 0 saturated heterocycles. The number of hydrogen-bond acceptors (Lipinski definition) is 2. The van der Waals surface area contributed by atoms with E-state index >= 15 is 0 Å². The fourth-order valence-electron chi connectivity index (χ4n) is 0.323. The van der Waals surface area contributed by atoms with Gasteiger partial charge in [0.25, 0.3) is 0 Å². The van der Waals surface area contributed by atoms with Gasteiger partial charge in [-0.3, -0.25) is 0 Å². The molecule has 1 aliphatic heterocycles. The van der Waals surface area contributed by atoms with Crippen molar-refractivity contribution in [2.75, 3.05) is 6.61 Å². The van der Waals surface area contributed by atoms with Crippen molar-refractivity contribution in [1.82, 2.24) is 0 Å². The standard InChI is InChI=1S/C4H4O2.Li/c5-4-2-1-3-6-4;/h1-2H,3H2;. The minimum Gasteiger partial charge on any atom is -0.458 e. The summed E-state index contributed by atoms with van der Waals surface area (Å²) in [7, 11) is 0. The van der Waals surface area contributed by atoms with Gasteiger partial charge in [-0.05, 0) is 6.08 Å². The summed E-state index contributed by atoms with van der Waals surface area (Å²) in [6.45, 7) is 0.457. The SMILES string of the molecule is O=C1C=CCO1.[Li]. The number of carbonyl (C=O) groups is 1. The van der Waals surface area contributed by atoms with E-state index in [9.17, 15) is 4.79 Å². The van der Waals surface area contributed by atoms with Crippen molar-refractivity contribution < 1.29 is 9.53 Å². The third-order valence-corrected chi connectivity index (χ3v) is 0.576. The van der Waals surface area contributed by atoms with Gasteiger partial charge in [-0.15, -0.1) is 0 Å². The van der Waals surface area contributed by atoms with E-state index in [-0.39, 0.29) is 24.8 Å². The first-order valence-electron chi connectivity index (χ1n) is 1.73. The Labute approximate surface area is 53.7 Å². The van der Waals surface area contributed by atoms with Crippen LogP contribution in [0.15, 0.2) is 12.2 Å². The van der Waals surface area contributed by atoms with Crippen LogP contribution in [0, 0.1) is 0 Å². The molecule has 0 fully saturated rings. The molecule has 0 N–H and O–H groups in total. The zero-order valence-electron chi connectivity index (χ0n) is 4.18. The molecular weight excluding hydrogens is 87.0 g/mol. The van der Waals surface area contributed by atoms with E-state index in [1.807, 2.05) is 0 Å². The number of rotatable bonds is 0. The maximum atomic E-state index is 9.93. The maximum Gasteiger partial charge on any atom is 0.330 e. The summed E-state index contributed by atoms with van der Waals surface area (Å²) >= 11 is 0. The van der Waals surface area contributed by atoms with Crippen molar-refractivity contribution in [2.24, 2.45) is 0 Å². The third kappa shape index (κ3) is 1.82. The largest absolute Gasteiger partial charge is 0.458 e. The molecule has 0 amide bonds. The Hall–Kier alpha value is -0.193. The average Bonchev–Trinajstić information content (AvgIpc) is 1.86. The van der Waals surface area contributed by atoms with Crippen LogP contribution in [0.4, 0.5) is 0 Å². The fraction of sp³-hybridized carbons (Fsp3) is 0.250. The van der Waals surface area contributed by atoms with Crippen LogP contribution in [-0.2, 0) is 9.53 Å². The molecule has 0 unspecified atom stereocenters. The number of hydrogen-bond donors (Lipinski definition) is 0. The smallest absolute Gasteiger partial charge is 0.330 e. The van der Waals surface area contributed by atoms with E-state index in [4.69, 9.17) is 0 Å². The van der Waals surface area contributed by atoms with Crippen molar-refractivity contribution in [3.8, 4) is 0 Å². The van der Waals surface area contributed by atoms with Crippen LogP contribution in [0.5, 0.6) is 0 Å². The van der Waals surface area contributed by atoms with E-state index in [0.29, 0.717) is 6.61 Å². The topological polar surface area (TPSA) is 26.3 Å². The summed E-state index contributed by atoms with van der Waals surface area (Å²) in [4.78, 5) is 9.93. The number of cyclic esters (lactones) is 1. The Morgan fingerprint density at radius 3 is 2.57 bits per heavy atom. The van der Waals surface area contributed by atoms with Crippen LogP contribution in [-0.4, -0.2) is 31.4 Å². The van der Waals surface area contributed by atoms with Gasteiger partial charge in [0, 0.05) is 24.9 Å². The van der Waals surface area contributed by atoms with E-state index in [1.54, 1.807) is 6.08 Å². The zero-order valence-corrected chi connectivity index (χ0v) is 4.18. The predicted molar refractivity (Wildman–Crippen MR) is 25.9 cm³/mol. The minimum atomic E-state index is -0.227. The predicted octanol–water partition coefficient (Wildman–Crippen LogP) is -0.281. The summed E-state index contributed by atoms with van der Waals surface area (Å²) in [6, 6.07) is 0. The molecule has 3 heteroatoms. The molecule has 7 heavy (non-hydrogen) atoms. The summed E-state index contributed by atoms with van der Waals surface area (Å²) in [5, 5.41) is 0. The Kier molecular flexibility index (Phi) is 2.82. The van der Waals surface area contributed by atoms with E-state index in [0.717, 1.165) is 0 Å². The van der Waals surface area contributed by atoms with Gasteiger partial charge in [-0.2, -0.15) is 0 Å². The fourth-order valence-corrected chi connectivity index (χ4v) is 0.323. The van der Waals surface area contributed by atoms with Crippen LogP contribution < -0.4 is 0 Å². The van der Waals surface area contributed by atoms with Gasteiger partial charge in [0.1, 0.15) is 6.61 Å². The van der Waals surface area contributed by atoms with E-state index in [1.165, 1.54) is 6.08 Å². The molecule has 0 aromatic carbocycles. The Balaban J connectivity index is 0.000000360. The van der Waals surface area contributed by atoms with Crippen LogP contribution >= 0.6 is 0 Å². The van der Waals surface area contributed by atoms with E-state index < -0.39 is 0 Å². The second-order valence-corrected chi connectivity index (χ2v) is 1.03. The first-order valence-corrected chi connectivity index (χ1v) is 1.73. The van der Waals surface area contributed by atoms with Gasteiger partial charge in [0.15, 0.2) is 0 Å². The van der Waals surface area contributed by atoms with Gasteiger partial charge in [0.2, 0.25) is 0 Å². The second-order valence-electron chi connectivity index (χ2n) is 1.03. The Bertz CT molecular complexity index is 97.9. The van der Waals surface area contributed by atoms with Gasteiger partial charge >= 0.3 is 5.97 Å².